The maximum atomic E-state index is 11.4. The van der Waals surface area contributed by atoms with Gasteiger partial charge < -0.3 is 9.47 Å². The summed E-state index contributed by atoms with van der Waals surface area (Å²) >= 11 is 12.1. The Morgan fingerprint density at radius 3 is 2.72 bits per heavy atom. The van der Waals surface area contributed by atoms with Crippen molar-refractivity contribution < 1.29 is 9.47 Å². The molecule has 9 heteroatoms. The molecule has 0 bridgehead atoms. The lowest BCUT2D eigenvalue weighted by molar-refractivity contribution is 0.284. The van der Waals surface area contributed by atoms with Crippen LogP contribution in [-0.2, 0) is 6.61 Å². The summed E-state index contributed by atoms with van der Waals surface area (Å²) < 4.78 is 11.2. The molecule has 2 aromatic carbocycles. The van der Waals surface area contributed by atoms with E-state index in [0.717, 1.165) is 11.1 Å². The number of aryl methyl sites for hydroxylation is 1. The summed E-state index contributed by atoms with van der Waals surface area (Å²) in [4.78, 5) is 18.1. The predicted octanol–water partition coefficient (Wildman–Crippen LogP) is 4.42. The van der Waals surface area contributed by atoms with Gasteiger partial charge in [0, 0.05) is 27.4 Å². The van der Waals surface area contributed by atoms with Gasteiger partial charge in [-0.3, -0.25) is 9.78 Å². The fourth-order valence-corrected chi connectivity index (χ4v) is 2.94. The molecule has 150 valence electrons. The number of hydrogen-bond donors (Lipinski definition) is 2. The highest BCUT2D eigenvalue weighted by Crippen LogP contribution is 2.29. The predicted molar refractivity (Wildman–Crippen MR) is 115 cm³/mol. The Morgan fingerprint density at radius 1 is 1.17 bits per heavy atom. The Bertz CT molecular complexity index is 1100. The third-order valence-corrected chi connectivity index (χ3v) is 4.43. The SMILES string of the molecule is COc1cc(/C=N/Nc2nc(C)cc(=O)[nH]2)ccc1OCc1ccc(Cl)cc1Cl. The zero-order chi connectivity index (χ0) is 20.8. The summed E-state index contributed by atoms with van der Waals surface area (Å²) in [6.45, 7) is 2.00. The van der Waals surface area contributed by atoms with Gasteiger partial charge in [-0.15, -0.1) is 0 Å². The van der Waals surface area contributed by atoms with Crippen molar-refractivity contribution in [2.24, 2.45) is 5.10 Å². The van der Waals surface area contributed by atoms with Crippen molar-refractivity contribution in [3.8, 4) is 11.5 Å². The van der Waals surface area contributed by atoms with Crippen LogP contribution in [0, 0.1) is 6.92 Å². The maximum absolute atomic E-state index is 11.4. The van der Waals surface area contributed by atoms with Gasteiger partial charge >= 0.3 is 0 Å². The number of anilines is 1. The normalized spacial score (nSPS) is 10.9. The number of halogens is 2. The molecule has 3 aromatic rings. The molecule has 0 fully saturated rings. The first kappa shape index (κ1) is 20.7. The molecule has 1 aromatic heterocycles. The Balaban J connectivity index is 1.68. The van der Waals surface area contributed by atoms with E-state index in [1.54, 1.807) is 44.5 Å². The largest absolute Gasteiger partial charge is 0.493 e. The number of H-pyrrole nitrogens is 1. The van der Waals surface area contributed by atoms with Crippen molar-refractivity contribution in [2.75, 3.05) is 12.5 Å². The molecule has 0 unspecified atom stereocenters. The second kappa shape index (κ2) is 9.45. The first-order chi connectivity index (χ1) is 13.9. The topological polar surface area (TPSA) is 88.6 Å². The molecule has 0 aliphatic heterocycles. The van der Waals surface area contributed by atoms with Crippen LogP contribution >= 0.6 is 23.2 Å². The van der Waals surface area contributed by atoms with E-state index in [4.69, 9.17) is 32.7 Å². The van der Waals surface area contributed by atoms with Gasteiger partial charge in [0.05, 0.1) is 13.3 Å². The van der Waals surface area contributed by atoms with Crippen molar-refractivity contribution in [1.29, 1.82) is 0 Å². The molecular weight excluding hydrogens is 415 g/mol. The second-order valence-corrected chi connectivity index (χ2v) is 6.88. The highest BCUT2D eigenvalue weighted by molar-refractivity contribution is 6.35. The van der Waals surface area contributed by atoms with Gasteiger partial charge in [0.2, 0.25) is 5.95 Å². The molecule has 0 aliphatic rings. The lowest BCUT2D eigenvalue weighted by Gasteiger charge is -2.12. The van der Waals surface area contributed by atoms with Crippen LogP contribution < -0.4 is 20.5 Å². The van der Waals surface area contributed by atoms with Crippen molar-refractivity contribution in [1.82, 2.24) is 9.97 Å². The molecule has 7 nitrogen and oxygen atoms in total. The fourth-order valence-electron chi connectivity index (χ4n) is 2.48. The third-order valence-electron chi connectivity index (χ3n) is 3.84. The summed E-state index contributed by atoms with van der Waals surface area (Å²) in [6, 6.07) is 12.0. The van der Waals surface area contributed by atoms with Gasteiger partial charge in [-0.2, -0.15) is 5.10 Å². The van der Waals surface area contributed by atoms with Crippen molar-refractivity contribution >= 4 is 35.4 Å². The molecule has 0 radical (unpaired) electrons. The molecule has 0 aliphatic carbocycles. The number of methoxy groups -OCH3 is 1. The van der Waals surface area contributed by atoms with Gasteiger partial charge in [-0.05, 0) is 42.8 Å². The van der Waals surface area contributed by atoms with E-state index in [1.165, 1.54) is 6.07 Å². The number of aromatic nitrogens is 2. The highest BCUT2D eigenvalue weighted by atomic mass is 35.5. The van der Waals surface area contributed by atoms with Crippen molar-refractivity contribution in [2.45, 2.75) is 13.5 Å². The van der Waals surface area contributed by atoms with Gasteiger partial charge in [0.1, 0.15) is 6.61 Å². The van der Waals surface area contributed by atoms with E-state index >= 15 is 0 Å². The standard InChI is InChI=1S/C20H18Cl2N4O3/c1-12-7-19(27)25-20(24-12)26-23-10-13-3-6-17(18(8-13)28-2)29-11-14-4-5-15(21)9-16(14)22/h3-10H,11H2,1-2H3,(H2,24,25,26,27)/b23-10+. The van der Waals surface area contributed by atoms with E-state index in [9.17, 15) is 4.79 Å². The zero-order valence-corrected chi connectivity index (χ0v) is 17.2. The molecule has 0 atom stereocenters. The van der Waals surface area contributed by atoms with Crippen LogP contribution in [0.2, 0.25) is 10.0 Å². The van der Waals surface area contributed by atoms with Gasteiger partial charge in [0.25, 0.3) is 5.56 Å². The summed E-state index contributed by atoms with van der Waals surface area (Å²) in [6.07, 6.45) is 1.57. The average Bonchev–Trinajstić information content (AvgIpc) is 2.67. The first-order valence-electron chi connectivity index (χ1n) is 8.56. The van der Waals surface area contributed by atoms with Crippen LogP contribution in [0.25, 0.3) is 0 Å². The zero-order valence-electron chi connectivity index (χ0n) is 15.7. The molecule has 0 saturated heterocycles. The van der Waals surface area contributed by atoms with E-state index in [2.05, 4.69) is 20.5 Å². The molecule has 0 saturated carbocycles. The Morgan fingerprint density at radius 2 is 2.00 bits per heavy atom. The second-order valence-electron chi connectivity index (χ2n) is 6.04. The van der Waals surface area contributed by atoms with Gasteiger partial charge in [-0.25, -0.2) is 10.4 Å². The minimum atomic E-state index is -0.251. The van der Waals surface area contributed by atoms with Crippen LogP contribution in [0.5, 0.6) is 11.5 Å². The van der Waals surface area contributed by atoms with E-state index in [1.807, 2.05) is 12.1 Å². The van der Waals surface area contributed by atoms with Gasteiger partial charge in [0.15, 0.2) is 11.5 Å². The van der Waals surface area contributed by atoms with Gasteiger partial charge in [-0.1, -0.05) is 29.3 Å². The monoisotopic (exact) mass is 432 g/mol. The average molecular weight is 433 g/mol. The van der Waals surface area contributed by atoms with Crippen LogP contribution in [0.4, 0.5) is 5.95 Å². The molecule has 1 heterocycles. The van der Waals surface area contributed by atoms with E-state index in [0.29, 0.717) is 27.2 Å². The third kappa shape index (κ3) is 5.73. The minimum absolute atomic E-state index is 0.251. The Labute approximate surface area is 177 Å². The van der Waals surface area contributed by atoms with E-state index in [-0.39, 0.29) is 18.1 Å². The lowest BCUT2D eigenvalue weighted by atomic mass is 10.2. The summed E-state index contributed by atoms with van der Waals surface area (Å²) in [5, 5.41) is 5.18. The minimum Gasteiger partial charge on any atom is -0.493 e. The number of nitrogens with zero attached hydrogens (tertiary/aromatic N) is 2. The molecule has 0 amide bonds. The first-order valence-corrected chi connectivity index (χ1v) is 9.32. The molecule has 3 rings (SSSR count). The van der Waals surface area contributed by atoms with Crippen LogP contribution in [0.15, 0.2) is 52.4 Å². The van der Waals surface area contributed by atoms with E-state index < -0.39 is 0 Å². The highest BCUT2D eigenvalue weighted by Gasteiger charge is 2.08. The van der Waals surface area contributed by atoms with Crippen LogP contribution in [0.1, 0.15) is 16.8 Å². The summed E-state index contributed by atoms with van der Waals surface area (Å²) in [7, 11) is 1.55. The van der Waals surface area contributed by atoms with Crippen LogP contribution in [-0.4, -0.2) is 23.3 Å². The Kier molecular flexibility index (Phi) is 6.74. The van der Waals surface area contributed by atoms with Crippen molar-refractivity contribution in [3.05, 3.63) is 79.7 Å². The number of ether oxygens (including phenoxy) is 2. The summed E-state index contributed by atoms with van der Waals surface area (Å²) in [5.41, 5.74) is 4.61. The Hall–Kier alpha value is -3.03. The lowest BCUT2D eigenvalue weighted by Crippen LogP contribution is -2.10. The van der Waals surface area contributed by atoms with Crippen LogP contribution in [0.3, 0.4) is 0 Å². The molecule has 0 spiro atoms. The number of hydrazone groups is 1. The molecular formula is C20H18Cl2N4O3. The molecule has 2 N–H and O–H groups in total. The van der Waals surface area contributed by atoms with Crippen molar-refractivity contribution in [3.63, 3.8) is 0 Å². The number of rotatable bonds is 7. The maximum Gasteiger partial charge on any atom is 0.252 e. The quantitative estimate of drug-likeness (QED) is 0.426. The smallest absolute Gasteiger partial charge is 0.252 e. The molecule has 29 heavy (non-hydrogen) atoms. The number of nitrogens with one attached hydrogen (secondary N) is 2. The summed E-state index contributed by atoms with van der Waals surface area (Å²) in [5.74, 6) is 1.37. The number of hydrogen-bond acceptors (Lipinski definition) is 6. The fraction of sp³-hybridized carbons (Fsp3) is 0.150. The number of benzene rings is 2. The number of aromatic amines is 1.